The summed E-state index contributed by atoms with van der Waals surface area (Å²) in [7, 11) is 1.66. The van der Waals surface area contributed by atoms with E-state index in [2.05, 4.69) is 12.7 Å². The molecular formula is C16H22O3. The molecule has 0 unspecified atom stereocenters. The Hall–Kier alpha value is -1.61. The maximum atomic E-state index is 11.5. The van der Waals surface area contributed by atoms with Crippen LogP contribution in [0, 0.1) is 0 Å². The Labute approximate surface area is 115 Å². The van der Waals surface area contributed by atoms with Gasteiger partial charge in [0.05, 0.1) is 13.2 Å². The molecule has 0 saturated carbocycles. The van der Waals surface area contributed by atoms with Gasteiger partial charge in [-0.15, -0.1) is 0 Å². The summed E-state index contributed by atoms with van der Waals surface area (Å²) in [5.74, 6) is -0.288. The van der Waals surface area contributed by atoms with Crippen molar-refractivity contribution in [2.75, 3.05) is 20.3 Å². The molecule has 1 rings (SSSR count). The average Bonchev–Trinajstić information content (AvgIpc) is 2.52. The Kier molecular flexibility index (Phi) is 6.30. The molecule has 0 radical (unpaired) electrons. The third-order valence-electron chi connectivity index (χ3n) is 2.86. The van der Waals surface area contributed by atoms with Crippen LogP contribution in [0.15, 0.2) is 47.1 Å². The number of esters is 1. The Morgan fingerprint density at radius 1 is 1.42 bits per heavy atom. The van der Waals surface area contributed by atoms with Gasteiger partial charge >= 0.3 is 5.97 Å². The highest BCUT2D eigenvalue weighted by Gasteiger charge is 2.10. The summed E-state index contributed by atoms with van der Waals surface area (Å²) in [6.07, 6.45) is 7.34. The Balaban J connectivity index is 2.93. The molecule has 0 spiro atoms. The van der Waals surface area contributed by atoms with Crippen LogP contribution in [0.2, 0.25) is 0 Å². The molecule has 3 nitrogen and oxygen atoms in total. The number of hydrogen-bond donors (Lipinski definition) is 0. The minimum Gasteiger partial charge on any atom is -0.463 e. The van der Waals surface area contributed by atoms with E-state index in [1.165, 1.54) is 5.57 Å². The van der Waals surface area contributed by atoms with E-state index in [0.717, 1.165) is 29.6 Å². The molecule has 3 heteroatoms. The van der Waals surface area contributed by atoms with Crippen LogP contribution in [-0.2, 0) is 14.3 Å². The van der Waals surface area contributed by atoms with E-state index in [-0.39, 0.29) is 5.97 Å². The predicted octanol–water partition coefficient (Wildman–Crippen LogP) is 3.35. The lowest BCUT2D eigenvalue weighted by molar-refractivity contribution is -0.137. The van der Waals surface area contributed by atoms with E-state index < -0.39 is 0 Å². The first-order valence-corrected chi connectivity index (χ1v) is 6.50. The molecule has 0 saturated heterocycles. The van der Waals surface area contributed by atoms with Crippen molar-refractivity contribution in [3.63, 3.8) is 0 Å². The Morgan fingerprint density at radius 2 is 2.16 bits per heavy atom. The molecule has 0 aromatic rings. The number of carbonyl (C=O) groups is 1. The normalized spacial score (nSPS) is 17.5. The van der Waals surface area contributed by atoms with Gasteiger partial charge in [-0.05, 0) is 43.4 Å². The van der Waals surface area contributed by atoms with Gasteiger partial charge in [0.1, 0.15) is 0 Å². The van der Waals surface area contributed by atoms with Crippen molar-refractivity contribution in [2.24, 2.45) is 0 Å². The van der Waals surface area contributed by atoms with Crippen LogP contribution in [0.5, 0.6) is 0 Å². The van der Waals surface area contributed by atoms with E-state index in [1.807, 2.05) is 13.0 Å². The monoisotopic (exact) mass is 262 g/mol. The second-order valence-electron chi connectivity index (χ2n) is 4.57. The van der Waals surface area contributed by atoms with Crippen molar-refractivity contribution in [1.82, 2.24) is 0 Å². The summed E-state index contributed by atoms with van der Waals surface area (Å²) in [6.45, 7) is 8.70. The van der Waals surface area contributed by atoms with Crippen LogP contribution in [0.3, 0.4) is 0 Å². The first kappa shape index (κ1) is 15.4. The third kappa shape index (κ3) is 5.26. The van der Waals surface area contributed by atoms with Gasteiger partial charge in [0, 0.05) is 13.2 Å². The smallest absolute Gasteiger partial charge is 0.331 e. The summed E-state index contributed by atoms with van der Waals surface area (Å²) in [4.78, 5) is 11.5. The molecule has 0 fully saturated rings. The number of rotatable bonds is 5. The number of hydrogen-bond acceptors (Lipinski definition) is 3. The van der Waals surface area contributed by atoms with Gasteiger partial charge in [0.2, 0.25) is 0 Å². The highest BCUT2D eigenvalue weighted by molar-refractivity contribution is 5.83. The molecular weight excluding hydrogens is 240 g/mol. The fourth-order valence-corrected chi connectivity index (χ4v) is 1.96. The first-order valence-electron chi connectivity index (χ1n) is 6.50. The van der Waals surface area contributed by atoms with Crippen molar-refractivity contribution in [3.05, 3.63) is 47.1 Å². The largest absolute Gasteiger partial charge is 0.463 e. The molecule has 0 heterocycles. The van der Waals surface area contributed by atoms with Crippen LogP contribution in [0.4, 0.5) is 0 Å². The van der Waals surface area contributed by atoms with Gasteiger partial charge < -0.3 is 9.47 Å². The number of allylic oxidation sites excluding steroid dienone is 4. The maximum Gasteiger partial charge on any atom is 0.331 e. The average molecular weight is 262 g/mol. The van der Waals surface area contributed by atoms with Crippen LogP contribution < -0.4 is 0 Å². The molecule has 19 heavy (non-hydrogen) atoms. The standard InChI is InChI=1S/C16H22O3/c1-5-19-16(17)10-13-6-7-15(12(2)3)9-14(8-13)11-18-4/h8-10H,2,5-7,11H2,1,3-4H3/b13-10+. The lowest BCUT2D eigenvalue weighted by atomic mass is 10.0. The van der Waals surface area contributed by atoms with Gasteiger partial charge in [0.15, 0.2) is 0 Å². The zero-order chi connectivity index (χ0) is 14.3. The van der Waals surface area contributed by atoms with Crippen LogP contribution in [0.25, 0.3) is 0 Å². The maximum absolute atomic E-state index is 11.5. The summed E-state index contributed by atoms with van der Waals surface area (Å²) in [5, 5.41) is 0. The zero-order valence-electron chi connectivity index (χ0n) is 12.0. The minimum atomic E-state index is -0.288. The predicted molar refractivity (Wildman–Crippen MR) is 76.8 cm³/mol. The van der Waals surface area contributed by atoms with Gasteiger partial charge in [0.25, 0.3) is 0 Å². The number of ether oxygens (including phenoxy) is 2. The van der Waals surface area contributed by atoms with Gasteiger partial charge in [-0.2, -0.15) is 0 Å². The molecule has 0 aromatic carbocycles. The van der Waals surface area contributed by atoms with Crippen molar-refractivity contribution in [3.8, 4) is 0 Å². The van der Waals surface area contributed by atoms with Crippen LogP contribution in [-0.4, -0.2) is 26.3 Å². The second-order valence-corrected chi connectivity index (χ2v) is 4.57. The minimum absolute atomic E-state index is 0.288. The zero-order valence-corrected chi connectivity index (χ0v) is 12.0. The van der Waals surface area contributed by atoms with Crippen molar-refractivity contribution in [1.29, 1.82) is 0 Å². The first-order chi connectivity index (χ1) is 9.06. The summed E-state index contributed by atoms with van der Waals surface area (Å²) < 4.78 is 10.1. The van der Waals surface area contributed by atoms with E-state index >= 15 is 0 Å². The van der Waals surface area contributed by atoms with E-state index in [0.29, 0.717) is 13.2 Å². The molecule has 0 aromatic heterocycles. The Bertz CT molecular complexity index is 439. The molecule has 1 aliphatic rings. The lowest BCUT2D eigenvalue weighted by Crippen LogP contribution is -2.01. The fourth-order valence-electron chi connectivity index (χ4n) is 1.96. The van der Waals surface area contributed by atoms with Crippen LogP contribution in [0.1, 0.15) is 26.7 Å². The SMILES string of the molecule is C=C(C)C1=CC(COC)=C/C(=C/C(=O)OCC)CC1. The second kappa shape index (κ2) is 7.74. The molecule has 0 bridgehead atoms. The summed E-state index contributed by atoms with van der Waals surface area (Å²) in [5.41, 5.74) is 4.28. The van der Waals surface area contributed by atoms with Gasteiger partial charge in [-0.1, -0.05) is 24.3 Å². The topological polar surface area (TPSA) is 35.5 Å². The molecule has 104 valence electrons. The molecule has 0 amide bonds. The van der Waals surface area contributed by atoms with Gasteiger partial charge in [-0.3, -0.25) is 0 Å². The highest BCUT2D eigenvalue weighted by Crippen LogP contribution is 2.25. The van der Waals surface area contributed by atoms with Crippen molar-refractivity contribution >= 4 is 5.97 Å². The van der Waals surface area contributed by atoms with Crippen molar-refractivity contribution < 1.29 is 14.3 Å². The fraction of sp³-hybridized carbons (Fsp3) is 0.438. The lowest BCUT2D eigenvalue weighted by Gasteiger charge is -2.04. The van der Waals surface area contributed by atoms with E-state index in [1.54, 1.807) is 20.1 Å². The summed E-state index contributed by atoms with van der Waals surface area (Å²) in [6, 6.07) is 0. The Morgan fingerprint density at radius 3 is 2.74 bits per heavy atom. The highest BCUT2D eigenvalue weighted by atomic mass is 16.5. The molecule has 0 atom stereocenters. The quantitative estimate of drug-likeness (QED) is 0.563. The van der Waals surface area contributed by atoms with E-state index in [9.17, 15) is 4.79 Å². The van der Waals surface area contributed by atoms with Crippen LogP contribution >= 0.6 is 0 Å². The number of carbonyl (C=O) groups excluding carboxylic acids is 1. The molecule has 0 aliphatic heterocycles. The van der Waals surface area contributed by atoms with E-state index in [4.69, 9.17) is 9.47 Å². The summed E-state index contributed by atoms with van der Waals surface area (Å²) >= 11 is 0. The molecule has 0 N–H and O–H groups in total. The van der Waals surface area contributed by atoms with Crippen molar-refractivity contribution in [2.45, 2.75) is 26.7 Å². The third-order valence-corrected chi connectivity index (χ3v) is 2.86. The van der Waals surface area contributed by atoms with Gasteiger partial charge in [-0.25, -0.2) is 4.79 Å². The molecule has 1 aliphatic carbocycles. The number of methoxy groups -OCH3 is 1.